The highest BCUT2D eigenvalue weighted by atomic mass is 16.6. The summed E-state index contributed by atoms with van der Waals surface area (Å²) in [4.78, 5) is 22.1. The molecule has 2 aromatic rings. The highest BCUT2D eigenvalue weighted by molar-refractivity contribution is 5.89. The summed E-state index contributed by atoms with van der Waals surface area (Å²) in [6, 6.07) is 11.3. The second-order valence-electron chi connectivity index (χ2n) is 7.05. The number of hydrogen-bond acceptors (Lipinski definition) is 7. The third kappa shape index (κ3) is 12.0. The number of rotatable bonds is 3. The summed E-state index contributed by atoms with van der Waals surface area (Å²) < 4.78 is 16.4. The Bertz CT molecular complexity index is 834. The van der Waals surface area contributed by atoms with Gasteiger partial charge in [0.25, 0.3) is 0 Å². The Hall–Kier alpha value is -3.10. The van der Waals surface area contributed by atoms with Crippen LogP contribution in [0, 0.1) is 0 Å². The standard InChI is InChI=1S/C13H14O5.C7H6O3.C3H8.2C2H6.CH4/c14-9-3-1-8(2-4-9)13(15)18-11-7-17-10-5-6-16-12(10)11;8-6-3-1-5(2-4-6)7(9)10;1-3-2;2*1-2;/h1-4,10-12,14H,5-7H2;1-4,8H,(H,9,10);3H2,1-2H3;2*1-2H3;1H4/t10-,11?,12+;;;;;/m1...../s1. The van der Waals surface area contributed by atoms with Crippen LogP contribution in [0.15, 0.2) is 48.5 Å². The number of fused-ring (bicyclic) bond motifs is 1. The molecule has 0 aromatic heterocycles. The van der Waals surface area contributed by atoms with E-state index in [1.54, 1.807) is 0 Å². The van der Waals surface area contributed by atoms with Gasteiger partial charge in [-0.2, -0.15) is 0 Å². The van der Waals surface area contributed by atoms with Crippen LogP contribution < -0.4 is 0 Å². The fourth-order valence-electron chi connectivity index (χ4n) is 2.94. The number of carbonyl (C=O) groups is 2. The van der Waals surface area contributed by atoms with Crippen molar-refractivity contribution >= 4 is 11.9 Å². The Balaban J connectivity index is 0. The molecule has 8 heteroatoms. The molecule has 0 amide bonds. The molecule has 0 bridgehead atoms. The Morgan fingerprint density at radius 2 is 1.31 bits per heavy atom. The van der Waals surface area contributed by atoms with Crippen molar-refractivity contribution in [2.75, 3.05) is 13.2 Å². The number of carbonyl (C=O) groups excluding carboxylic acids is 1. The second-order valence-corrected chi connectivity index (χ2v) is 7.05. The van der Waals surface area contributed by atoms with E-state index in [1.807, 2.05) is 27.7 Å². The molecule has 2 aromatic carbocycles. The minimum atomic E-state index is -0.986. The van der Waals surface area contributed by atoms with Crippen LogP contribution in [-0.4, -0.2) is 58.8 Å². The maximum Gasteiger partial charge on any atom is 0.338 e. The van der Waals surface area contributed by atoms with E-state index in [0.29, 0.717) is 18.8 Å². The van der Waals surface area contributed by atoms with Crippen LogP contribution in [0.4, 0.5) is 0 Å². The van der Waals surface area contributed by atoms with E-state index in [-0.39, 0.29) is 42.8 Å². The molecule has 2 aliphatic heterocycles. The number of aromatic carboxylic acids is 1. The SMILES string of the molecule is C.CC.CC.CCC.O=C(O)c1ccc(O)cc1.O=C(OC1CO[C@@H]2CCO[C@H]12)c1ccc(O)cc1. The number of esters is 1. The van der Waals surface area contributed by atoms with Gasteiger partial charge < -0.3 is 29.5 Å². The number of aromatic hydroxyl groups is 2. The molecule has 3 N–H and O–H groups in total. The van der Waals surface area contributed by atoms with Gasteiger partial charge in [-0.3, -0.25) is 0 Å². The van der Waals surface area contributed by atoms with Crippen molar-refractivity contribution < 1.29 is 39.1 Å². The largest absolute Gasteiger partial charge is 0.508 e. The molecule has 36 heavy (non-hydrogen) atoms. The Kier molecular flexibility index (Phi) is 19.6. The van der Waals surface area contributed by atoms with Gasteiger partial charge in [-0.05, 0) is 55.0 Å². The van der Waals surface area contributed by atoms with Crippen LogP contribution >= 0.6 is 0 Å². The van der Waals surface area contributed by atoms with E-state index < -0.39 is 11.9 Å². The molecule has 2 aliphatic rings. The lowest BCUT2D eigenvalue weighted by atomic mass is 10.1. The molecule has 8 nitrogen and oxygen atoms in total. The lowest BCUT2D eigenvalue weighted by Gasteiger charge is -2.16. The predicted molar refractivity (Wildman–Crippen MR) is 142 cm³/mol. The molecule has 0 radical (unpaired) electrons. The average Bonchev–Trinajstić information content (AvgIpc) is 3.48. The first-order valence-electron chi connectivity index (χ1n) is 12.1. The van der Waals surface area contributed by atoms with Gasteiger partial charge in [0.2, 0.25) is 0 Å². The van der Waals surface area contributed by atoms with E-state index in [4.69, 9.17) is 29.5 Å². The van der Waals surface area contributed by atoms with Gasteiger partial charge >= 0.3 is 11.9 Å². The predicted octanol–water partition coefficient (Wildman–Crippen LogP) is 6.30. The molecule has 2 heterocycles. The molecule has 1 unspecified atom stereocenters. The van der Waals surface area contributed by atoms with E-state index in [1.165, 1.54) is 55.0 Å². The van der Waals surface area contributed by atoms with Gasteiger partial charge in [-0.1, -0.05) is 55.4 Å². The van der Waals surface area contributed by atoms with E-state index in [9.17, 15) is 9.59 Å². The zero-order chi connectivity index (χ0) is 26.8. The van der Waals surface area contributed by atoms with Crippen LogP contribution in [0.1, 0.15) is 82.5 Å². The van der Waals surface area contributed by atoms with Crippen LogP contribution in [0.2, 0.25) is 0 Å². The first kappa shape index (κ1) is 35.1. The smallest absolute Gasteiger partial charge is 0.338 e. The van der Waals surface area contributed by atoms with Gasteiger partial charge in [0.15, 0.2) is 6.10 Å². The maximum absolute atomic E-state index is 11.9. The number of phenolic OH excluding ortho intramolecular Hbond substituents is 2. The van der Waals surface area contributed by atoms with Crippen LogP contribution in [0.5, 0.6) is 11.5 Å². The van der Waals surface area contributed by atoms with Crippen molar-refractivity contribution in [1.82, 2.24) is 0 Å². The van der Waals surface area contributed by atoms with Crippen LogP contribution in [-0.2, 0) is 14.2 Å². The normalized spacial score (nSPS) is 18.4. The minimum absolute atomic E-state index is 0. The van der Waals surface area contributed by atoms with E-state index in [0.717, 1.165) is 6.42 Å². The zero-order valence-electron chi connectivity index (χ0n) is 21.6. The Morgan fingerprint density at radius 1 is 0.861 bits per heavy atom. The lowest BCUT2D eigenvalue weighted by Crippen LogP contribution is -2.32. The van der Waals surface area contributed by atoms with Crippen LogP contribution in [0.3, 0.4) is 0 Å². The minimum Gasteiger partial charge on any atom is -0.508 e. The van der Waals surface area contributed by atoms with Crippen LogP contribution in [0.25, 0.3) is 0 Å². The summed E-state index contributed by atoms with van der Waals surface area (Å²) in [6.07, 6.45) is 1.70. The average molecular weight is 509 g/mol. The zero-order valence-corrected chi connectivity index (χ0v) is 21.6. The number of hydrogen-bond donors (Lipinski definition) is 3. The van der Waals surface area contributed by atoms with Crippen molar-refractivity contribution in [3.05, 3.63) is 59.7 Å². The third-order valence-electron chi connectivity index (χ3n) is 4.40. The number of carboxylic acid groups (broad SMARTS) is 1. The van der Waals surface area contributed by atoms with E-state index in [2.05, 4.69) is 13.8 Å². The summed E-state index contributed by atoms with van der Waals surface area (Å²) in [7, 11) is 0. The van der Waals surface area contributed by atoms with Gasteiger partial charge in [0.1, 0.15) is 17.6 Å². The molecular formula is C28H44O8. The monoisotopic (exact) mass is 508 g/mol. The summed E-state index contributed by atoms with van der Waals surface area (Å²) >= 11 is 0. The molecule has 3 atom stereocenters. The molecule has 0 aliphatic carbocycles. The topological polar surface area (TPSA) is 123 Å². The molecule has 0 saturated carbocycles. The third-order valence-corrected chi connectivity index (χ3v) is 4.40. The molecule has 0 spiro atoms. The molecule has 2 fully saturated rings. The molecule has 204 valence electrons. The summed E-state index contributed by atoms with van der Waals surface area (Å²) in [5, 5.41) is 26.3. The summed E-state index contributed by atoms with van der Waals surface area (Å²) in [5.74, 6) is -1.21. The molecular weight excluding hydrogens is 464 g/mol. The second kappa shape index (κ2) is 20.1. The van der Waals surface area contributed by atoms with E-state index >= 15 is 0 Å². The fourth-order valence-corrected chi connectivity index (χ4v) is 2.94. The maximum atomic E-state index is 11.9. The Morgan fingerprint density at radius 3 is 1.75 bits per heavy atom. The first-order valence-corrected chi connectivity index (χ1v) is 12.1. The van der Waals surface area contributed by atoms with Crippen molar-refractivity contribution in [3.63, 3.8) is 0 Å². The van der Waals surface area contributed by atoms with Crippen molar-refractivity contribution in [1.29, 1.82) is 0 Å². The molecule has 4 rings (SSSR count). The molecule has 2 saturated heterocycles. The number of phenols is 2. The fraction of sp³-hybridized carbons (Fsp3) is 0.500. The summed E-state index contributed by atoms with van der Waals surface area (Å²) in [5.41, 5.74) is 0.590. The number of ether oxygens (including phenoxy) is 3. The van der Waals surface area contributed by atoms with Crippen molar-refractivity contribution in [2.24, 2.45) is 0 Å². The lowest BCUT2D eigenvalue weighted by molar-refractivity contribution is -0.0148. The Labute approximate surface area is 215 Å². The van der Waals surface area contributed by atoms with Gasteiger partial charge in [0, 0.05) is 6.61 Å². The van der Waals surface area contributed by atoms with Gasteiger partial charge in [0.05, 0.1) is 23.8 Å². The number of benzene rings is 2. The number of carboxylic acids is 1. The highest BCUT2D eigenvalue weighted by Gasteiger charge is 2.44. The first-order chi connectivity index (χ1) is 16.8. The quantitative estimate of drug-likeness (QED) is 0.413. The van der Waals surface area contributed by atoms with Gasteiger partial charge in [-0.15, -0.1) is 0 Å². The highest BCUT2D eigenvalue weighted by Crippen LogP contribution is 2.28. The van der Waals surface area contributed by atoms with Crippen molar-refractivity contribution in [3.8, 4) is 11.5 Å². The van der Waals surface area contributed by atoms with Gasteiger partial charge in [-0.25, -0.2) is 9.59 Å². The van der Waals surface area contributed by atoms with Crippen molar-refractivity contribution in [2.45, 2.75) is 80.1 Å². The summed E-state index contributed by atoms with van der Waals surface area (Å²) in [6.45, 7) is 13.3.